The first-order valence-electron chi connectivity index (χ1n) is 6.46. The lowest BCUT2D eigenvalue weighted by molar-refractivity contribution is 0.313. The van der Waals surface area contributed by atoms with Gasteiger partial charge in [-0.05, 0) is 33.0 Å². The lowest BCUT2D eigenvalue weighted by Gasteiger charge is -2.35. The third kappa shape index (κ3) is 3.13. The minimum Gasteiger partial charge on any atom is -0.381 e. The van der Waals surface area contributed by atoms with E-state index in [2.05, 4.69) is 60.3 Å². The summed E-state index contributed by atoms with van der Waals surface area (Å²) in [5.74, 6) is 0. The van der Waals surface area contributed by atoms with Crippen molar-refractivity contribution in [1.29, 1.82) is 0 Å². The molecule has 1 aromatic carbocycles. The van der Waals surface area contributed by atoms with Gasteiger partial charge in [-0.2, -0.15) is 0 Å². The van der Waals surface area contributed by atoms with E-state index in [1.807, 2.05) is 0 Å². The summed E-state index contributed by atoms with van der Waals surface area (Å²) < 4.78 is 0. The molecule has 1 N–H and O–H groups in total. The fraction of sp³-hybridized carbons (Fsp3) is 0.571. The molecule has 1 aliphatic heterocycles. The van der Waals surface area contributed by atoms with Crippen LogP contribution in [-0.4, -0.2) is 44.2 Å². The Balaban J connectivity index is 2.14. The molecule has 3 heteroatoms. The number of nitrogens with one attached hydrogen (secondary N) is 1. The van der Waals surface area contributed by atoms with Gasteiger partial charge in [-0.15, -0.1) is 0 Å². The molecule has 0 aromatic heterocycles. The summed E-state index contributed by atoms with van der Waals surface area (Å²) >= 11 is 0. The van der Waals surface area contributed by atoms with Crippen molar-refractivity contribution < 1.29 is 0 Å². The van der Waals surface area contributed by atoms with Crippen LogP contribution in [0.2, 0.25) is 0 Å². The molecule has 2 rings (SSSR count). The smallest absolute Gasteiger partial charge is 0.0602 e. The van der Waals surface area contributed by atoms with E-state index < -0.39 is 0 Å². The van der Waals surface area contributed by atoms with Crippen LogP contribution in [0.1, 0.15) is 13.8 Å². The van der Waals surface area contributed by atoms with Gasteiger partial charge in [-0.25, -0.2) is 0 Å². The number of hydrogen-bond donors (Lipinski definition) is 1. The Kier molecular flexibility index (Phi) is 3.89. The topological polar surface area (TPSA) is 18.5 Å². The molecule has 1 fully saturated rings. The molecule has 0 aliphatic carbocycles. The molecule has 1 heterocycles. The SMILES string of the molecule is CC(C)Nc1ccccc1N1CCN(C)CC1. The van der Waals surface area contributed by atoms with Crippen LogP contribution >= 0.6 is 0 Å². The van der Waals surface area contributed by atoms with Crippen LogP contribution in [0.3, 0.4) is 0 Å². The molecular formula is C14H23N3. The summed E-state index contributed by atoms with van der Waals surface area (Å²) in [6.45, 7) is 8.90. The van der Waals surface area contributed by atoms with Gasteiger partial charge in [0.1, 0.15) is 0 Å². The van der Waals surface area contributed by atoms with Gasteiger partial charge in [0.25, 0.3) is 0 Å². The largest absolute Gasteiger partial charge is 0.381 e. The molecule has 17 heavy (non-hydrogen) atoms. The van der Waals surface area contributed by atoms with Crippen molar-refractivity contribution in [1.82, 2.24) is 4.90 Å². The highest BCUT2D eigenvalue weighted by Gasteiger charge is 2.16. The second-order valence-electron chi connectivity index (χ2n) is 5.11. The number of benzene rings is 1. The van der Waals surface area contributed by atoms with E-state index in [-0.39, 0.29) is 0 Å². The summed E-state index contributed by atoms with van der Waals surface area (Å²) in [6.07, 6.45) is 0. The normalized spacial score (nSPS) is 17.5. The molecule has 0 unspecified atom stereocenters. The Labute approximate surface area is 104 Å². The Morgan fingerprint density at radius 1 is 1.06 bits per heavy atom. The van der Waals surface area contributed by atoms with Crippen molar-refractivity contribution in [2.75, 3.05) is 43.4 Å². The van der Waals surface area contributed by atoms with Crippen molar-refractivity contribution in [3.8, 4) is 0 Å². The van der Waals surface area contributed by atoms with Crippen LogP contribution in [0.15, 0.2) is 24.3 Å². The van der Waals surface area contributed by atoms with E-state index in [1.54, 1.807) is 0 Å². The number of para-hydroxylation sites is 2. The third-order valence-corrected chi connectivity index (χ3v) is 3.19. The van der Waals surface area contributed by atoms with Gasteiger partial charge >= 0.3 is 0 Å². The number of nitrogens with zero attached hydrogens (tertiary/aromatic N) is 2. The van der Waals surface area contributed by atoms with Crippen LogP contribution in [0.25, 0.3) is 0 Å². The first kappa shape index (κ1) is 12.2. The first-order valence-corrected chi connectivity index (χ1v) is 6.46. The van der Waals surface area contributed by atoms with Gasteiger partial charge in [-0.1, -0.05) is 12.1 Å². The molecule has 0 atom stereocenters. The Morgan fingerprint density at radius 3 is 2.35 bits per heavy atom. The zero-order valence-corrected chi connectivity index (χ0v) is 11.1. The van der Waals surface area contributed by atoms with Gasteiger partial charge in [0.2, 0.25) is 0 Å². The van der Waals surface area contributed by atoms with Crippen LogP contribution in [0.4, 0.5) is 11.4 Å². The van der Waals surface area contributed by atoms with Crippen LogP contribution in [-0.2, 0) is 0 Å². The second-order valence-corrected chi connectivity index (χ2v) is 5.11. The molecule has 3 nitrogen and oxygen atoms in total. The molecule has 0 bridgehead atoms. The van der Waals surface area contributed by atoms with Gasteiger partial charge in [0.05, 0.1) is 11.4 Å². The van der Waals surface area contributed by atoms with E-state index in [4.69, 9.17) is 0 Å². The maximum absolute atomic E-state index is 3.53. The fourth-order valence-corrected chi connectivity index (χ4v) is 2.23. The standard InChI is InChI=1S/C14H23N3/c1-12(2)15-13-6-4-5-7-14(13)17-10-8-16(3)9-11-17/h4-7,12,15H,8-11H2,1-3H3. The lowest BCUT2D eigenvalue weighted by atomic mass is 10.2. The van der Waals surface area contributed by atoms with Gasteiger partial charge in [-0.3, -0.25) is 0 Å². The average molecular weight is 233 g/mol. The van der Waals surface area contributed by atoms with Crippen molar-refractivity contribution >= 4 is 11.4 Å². The Morgan fingerprint density at radius 2 is 1.71 bits per heavy atom. The fourth-order valence-electron chi connectivity index (χ4n) is 2.23. The molecule has 0 radical (unpaired) electrons. The molecule has 0 amide bonds. The van der Waals surface area contributed by atoms with Crippen molar-refractivity contribution in [3.63, 3.8) is 0 Å². The molecule has 1 aromatic rings. The monoisotopic (exact) mass is 233 g/mol. The zero-order valence-electron chi connectivity index (χ0n) is 11.1. The van der Waals surface area contributed by atoms with Gasteiger partial charge in [0, 0.05) is 32.2 Å². The highest BCUT2D eigenvalue weighted by molar-refractivity contribution is 5.70. The number of hydrogen-bond acceptors (Lipinski definition) is 3. The molecule has 0 spiro atoms. The lowest BCUT2D eigenvalue weighted by Crippen LogP contribution is -2.44. The molecule has 1 saturated heterocycles. The Hall–Kier alpha value is -1.22. The highest BCUT2D eigenvalue weighted by Crippen LogP contribution is 2.26. The summed E-state index contributed by atoms with van der Waals surface area (Å²) in [5, 5.41) is 3.53. The molecule has 94 valence electrons. The summed E-state index contributed by atoms with van der Waals surface area (Å²) in [6, 6.07) is 9.09. The number of anilines is 2. The van der Waals surface area contributed by atoms with Crippen molar-refractivity contribution in [2.24, 2.45) is 0 Å². The summed E-state index contributed by atoms with van der Waals surface area (Å²) in [7, 11) is 2.19. The molecule has 0 saturated carbocycles. The van der Waals surface area contributed by atoms with E-state index in [0.29, 0.717) is 6.04 Å². The van der Waals surface area contributed by atoms with Crippen molar-refractivity contribution in [2.45, 2.75) is 19.9 Å². The molecular weight excluding hydrogens is 210 g/mol. The third-order valence-electron chi connectivity index (χ3n) is 3.19. The number of likely N-dealkylation sites (N-methyl/N-ethyl adjacent to an activating group) is 1. The summed E-state index contributed by atoms with van der Waals surface area (Å²) in [5.41, 5.74) is 2.60. The minimum atomic E-state index is 0.476. The van der Waals surface area contributed by atoms with Gasteiger partial charge in [0.15, 0.2) is 0 Å². The quantitative estimate of drug-likeness (QED) is 0.864. The predicted molar refractivity (Wildman–Crippen MR) is 74.9 cm³/mol. The van der Waals surface area contributed by atoms with Crippen molar-refractivity contribution in [3.05, 3.63) is 24.3 Å². The maximum atomic E-state index is 3.53. The number of piperazine rings is 1. The van der Waals surface area contributed by atoms with E-state index in [1.165, 1.54) is 11.4 Å². The van der Waals surface area contributed by atoms with Gasteiger partial charge < -0.3 is 15.1 Å². The molecule has 1 aliphatic rings. The van der Waals surface area contributed by atoms with Crippen LogP contribution in [0.5, 0.6) is 0 Å². The predicted octanol–water partition coefficient (Wildman–Crippen LogP) is 2.26. The Bertz CT molecular complexity index is 354. The maximum Gasteiger partial charge on any atom is 0.0602 e. The first-order chi connectivity index (χ1) is 8.16. The minimum absolute atomic E-state index is 0.476. The average Bonchev–Trinajstić information content (AvgIpc) is 2.30. The van der Waals surface area contributed by atoms with E-state index in [0.717, 1.165) is 26.2 Å². The number of rotatable bonds is 3. The highest BCUT2D eigenvalue weighted by atomic mass is 15.3. The zero-order chi connectivity index (χ0) is 12.3. The summed E-state index contributed by atoms with van der Waals surface area (Å²) in [4.78, 5) is 4.86. The van der Waals surface area contributed by atoms with E-state index >= 15 is 0 Å². The van der Waals surface area contributed by atoms with E-state index in [9.17, 15) is 0 Å². The second kappa shape index (κ2) is 5.41. The van der Waals surface area contributed by atoms with Crippen LogP contribution in [0, 0.1) is 0 Å². The van der Waals surface area contributed by atoms with Crippen LogP contribution < -0.4 is 10.2 Å².